The molecule has 0 spiro atoms. The van der Waals surface area contributed by atoms with E-state index in [9.17, 15) is 71.5 Å². The van der Waals surface area contributed by atoms with E-state index in [1.165, 1.54) is 19.4 Å². The summed E-state index contributed by atoms with van der Waals surface area (Å²) in [7, 11) is 0. The second-order valence-electron chi connectivity index (χ2n) is 23.2. The van der Waals surface area contributed by atoms with Gasteiger partial charge in [-0.1, -0.05) is 53.2 Å². The summed E-state index contributed by atoms with van der Waals surface area (Å²) in [6.45, 7) is 14.3. The van der Waals surface area contributed by atoms with Crippen molar-refractivity contribution in [1.29, 1.82) is 0 Å². The fourth-order valence-electron chi connectivity index (χ4n) is 14.2. The Hall–Kier alpha value is -1.06. The minimum absolute atomic E-state index is 0.0171. The Balaban J connectivity index is 1.01. The van der Waals surface area contributed by atoms with E-state index in [4.69, 9.17) is 28.4 Å². The van der Waals surface area contributed by atoms with Crippen molar-refractivity contribution in [3.8, 4) is 0 Å². The quantitative estimate of drug-likeness (QED) is 0.0831. The molecular formula is C48H82O20. The van der Waals surface area contributed by atoms with Gasteiger partial charge < -0.3 is 99.9 Å². The first-order valence-electron chi connectivity index (χ1n) is 24.6. The van der Waals surface area contributed by atoms with Crippen LogP contribution in [0.1, 0.15) is 100 Å². The van der Waals surface area contributed by atoms with Crippen LogP contribution in [0, 0.1) is 45.3 Å². The van der Waals surface area contributed by atoms with Crippen LogP contribution in [0.3, 0.4) is 0 Å². The van der Waals surface area contributed by atoms with Gasteiger partial charge >= 0.3 is 0 Å². The molecule has 20 nitrogen and oxygen atoms in total. The summed E-state index contributed by atoms with van der Waals surface area (Å²) in [6.07, 6.45) is -20.2. The van der Waals surface area contributed by atoms with E-state index in [-0.39, 0.29) is 34.0 Å². The van der Waals surface area contributed by atoms with Crippen LogP contribution in [0.15, 0.2) is 11.6 Å². The van der Waals surface area contributed by atoms with E-state index in [0.717, 1.165) is 38.5 Å². The molecule has 4 aliphatic carbocycles. The molecule has 0 aromatic rings. The molecule has 0 aromatic heterocycles. The maximum Gasteiger partial charge on any atom is 0.187 e. The molecule has 0 aromatic carbocycles. The summed E-state index contributed by atoms with van der Waals surface area (Å²) in [5.74, 6) is 0.00958. The second-order valence-corrected chi connectivity index (χ2v) is 23.2. The third-order valence-corrected chi connectivity index (χ3v) is 18.9. The zero-order valence-corrected chi connectivity index (χ0v) is 40.6. The molecule has 68 heavy (non-hydrogen) atoms. The highest BCUT2D eigenvalue weighted by Gasteiger charge is 2.68. The molecule has 3 saturated heterocycles. The van der Waals surface area contributed by atoms with E-state index >= 15 is 0 Å². The van der Waals surface area contributed by atoms with Gasteiger partial charge in [-0.3, -0.25) is 0 Å². The molecule has 0 bridgehead atoms. The first-order chi connectivity index (χ1) is 31.6. The Kier molecular flexibility index (Phi) is 16.1. The van der Waals surface area contributed by atoms with Gasteiger partial charge in [0.05, 0.1) is 37.6 Å². The van der Waals surface area contributed by atoms with Gasteiger partial charge in [0.2, 0.25) is 0 Å². The number of aliphatic hydroxyl groups is 14. The molecule has 14 N–H and O–H groups in total. The highest BCUT2D eigenvalue weighted by molar-refractivity contribution is 5.30. The summed E-state index contributed by atoms with van der Waals surface area (Å²) < 4.78 is 35.0. The van der Waals surface area contributed by atoms with Gasteiger partial charge in [-0.15, -0.1) is 0 Å². The summed E-state index contributed by atoms with van der Waals surface area (Å²) >= 11 is 0. The van der Waals surface area contributed by atoms with Gasteiger partial charge in [0.1, 0.15) is 85.5 Å². The average Bonchev–Trinajstić information content (AvgIpc) is 3.58. The maximum absolute atomic E-state index is 11.8. The Morgan fingerprint density at radius 3 is 1.75 bits per heavy atom. The minimum atomic E-state index is -1.72. The highest BCUT2D eigenvalue weighted by atomic mass is 16.7. The Morgan fingerprint density at radius 2 is 1.16 bits per heavy atom. The highest BCUT2D eigenvalue weighted by Crippen LogP contribution is 2.75. The average molecular weight is 979 g/mol. The zero-order chi connectivity index (χ0) is 50.4. The van der Waals surface area contributed by atoms with Crippen molar-refractivity contribution in [2.75, 3.05) is 19.8 Å². The predicted octanol–water partition coefficient (Wildman–Crippen LogP) is -2.09. The van der Waals surface area contributed by atoms with Crippen molar-refractivity contribution in [3.63, 3.8) is 0 Å². The van der Waals surface area contributed by atoms with Gasteiger partial charge in [-0.2, -0.15) is 0 Å². The normalized spacial score (nSPS) is 50.3. The molecule has 394 valence electrons. The predicted molar refractivity (Wildman–Crippen MR) is 236 cm³/mol. The van der Waals surface area contributed by atoms with Gasteiger partial charge in [-0.05, 0) is 98.7 Å². The zero-order valence-electron chi connectivity index (χ0n) is 40.6. The van der Waals surface area contributed by atoms with Crippen molar-refractivity contribution >= 4 is 0 Å². The lowest BCUT2D eigenvalue weighted by Gasteiger charge is -2.66. The lowest BCUT2D eigenvalue weighted by molar-refractivity contribution is -0.340. The van der Waals surface area contributed by atoms with E-state index in [2.05, 4.69) is 40.7 Å². The van der Waals surface area contributed by atoms with Crippen molar-refractivity contribution in [3.05, 3.63) is 11.6 Å². The monoisotopic (exact) mass is 979 g/mol. The second kappa shape index (κ2) is 20.0. The van der Waals surface area contributed by atoms with Crippen LogP contribution in [-0.2, 0) is 28.4 Å². The fourth-order valence-corrected chi connectivity index (χ4v) is 14.2. The van der Waals surface area contributed by atoms with Crippen LogP contribution in [-0.4, -0.2) is 213 Å². The molecule has 6 fully saturated rings. The molecule has 20 heteroatoms. The number of hydrogen-bond acceptors (Lipinski definition) is 20. The fraction of sp³-hybridized carbons (Fsp3) is 0.958. The lowest BCUT2D eigenvalue weighted by Crippen LogP contribution is -2.63. The first-order valence-corrected chi connectivity index (χ1v) is 24.6. The van der Waals surface area contributed by atoms with Gasteiger partial charge in [-0.25, -0.2) is 0 Å². The number of ether oxygens (including phenoxy) is 6. The molecular weight excluding hydrogens is 897 g/mol. The molecule has 3 aliphatic heterocycles. The summed E-state index contributed by atoms with van der Waals surface area (Å²) in [5.41, 5.74) is -1.42. The van der Waals surface area contributed by atoms with Crippen LogP contribution in [0.5, 0.6) is 0 Å². The molecule has 0 unspecified atom stereocenters. The molecule has 26 atom stereocenters. The Labute approximate surface area is 398 Å². The third-order valence-electron chi connectivity index (χ3n) is 18.9. The topological polar surface area (TPSA) is 339 Å². The summed E-state index contributed by atoms with van der Waals surface area (Å²) in [5, 5.41) is 149. The van der Waals surface area contributed by atoms with Crippen molar-refractivity contribution in [2.24, 2.45) is 45.3 Å². The van der Waals surface area contributed by atoms with E-state index in [1.54, 1.807) is 0 Å². The summed E-state index contributed by atoms with van der Waals surface area (Å²) in [6, 6.07) is 0. The van der Waals surface area contributed by atoms with Gasteiger partial charge in [0, 0.05) is 5.41 Å². The molecule has 7 aliphatic rings. The smallest absolute Gasteiger partial charge is 0.187 e. The first kappa shape index (κ1) is 54.7. The van der Waals surface area contributed by atoms with Crippen molar-refractivity contribution < 1.29 is 99.9 Å². The van der Waals surface area contributed by atoms with Crippen molar-refractivity contribution in [1.82, 2.24) is 0 Å². The third kappa shape index (κ3) is 9.09. The number of aliphatic hydroxyl groups excluding tert-OH is 14. The standard InChI is InChI=1S/C48H82O20/c1-20(29(51)36(58)40(62)45(4,5)68-43-39(61)34(56)31(53)25(18-50)65-43)21-13-14-48(8)27-11-9-22-23(46(27,6)15-16-47(21,48)7)10-12-28(44(22,2)3)67-42-38(60)35(57)32(54)26(66-42)19-63-41-37(59)33(55)30(52)24(17-49)64-41/h9,20-21,23-43,49-62H,10-19H2,1-8H3/t20-,21+,23+,24+,25+,26+,27+,28-,29+,30+,31+,32+,33-,34-,35-,36+,37+,38+,39+,40+,41+,42-,43-,46-,47+,48-/m0/s1. The van der Waals surface area contributed by atoms with Crippen LogP contribution in [0.2, 0.25) is 0 Å². The molecule has 3 saturated carbocycles. The number of rotatable bonds is 14. The van der Waals surface area contributed by atoms with Crippen LogP contribution < -0.4 is 0 Å². The van der Waals surface area contributed by atoms with Gasteiger partial charge in [0.15, 0.2) is 18.9 Å². The number of fused-ring (bicyclic) bond motifs is 5. The molecule has 3 heterocycles. The van der Waals surface area contributed by atoms with Gasteiger partial charge in [0.25, 0.3) is 0 Å². The molecule has 0 radical (unpaired) electrons. The van der Waals surface area contributed by atoms with Crippen LogP contribution in [0.4, 0.5) is 0 Å². The van der Waals surface area contributed by atoms with E-state index in [1.807, 2.05) is 6.92 Å². The maximum atomic E-state index is 11.8. The van der Waals surface area contributed by atoms with Crippen LogP contribution >= 0.6 is 0 Å². The van der Waals surface area contributed by atoms with Crippen LogP contribution in [0.25, 0.3) is 0 Å². The number of hydrogen-bond donors (Lipinski definition) is 14. The number of allylic oxidation sites excluding steroid dienone is 1. The summed E-state index contributed by atoms with van der Waals surface area (Å²) in [4.78, 5) is 0. The van der Waals surface area contributed by atoms with Crippen molar-refractivity contribution in [2.45, 2.75) is 222 Å². The molecule has 7 rings (SSSR count). The Morgan fingerprint density at radius 1 is 0.632 bits per heavy atom. The molecule has 0 amide bonds. The lowest BCUT2D eigenvalue weighted by atomic mass is 9.39. The minimum Gasteiger partial charge on any atom is -0.394 e. The Bertz CT molecular complexity index is 1750. The van der Waals surface area contributed by atoms with E-state index < -0.39 is 153 Å². The largest absolute Gasteiger partial charge is 0.394 e. The van der Waals surface area contributed by atoms with E-state index in [0.29, 0.717) is 6.42 Å². The SMILES string of the molecule is C[C@H]([C@@H](O)[C@@H](O)[C@@H](O)C(C)(C)O[C@@H]1O[C@H](CO)[C@@H](O)[C@H](O)[C@H]1O)[C@H]1CC[C@@]2(C)[C@@H]3CC=C4[C@@H](CC[C@H](O[C@@H]5O[C@H](CO[C@@H]6O[C@H](CO)[C@@H](O)[C@H](O)[C@H]6O)[C@@H](O)[C@H](O)[C@H]5O)C4(C)C)[C@]3(C)CC[C@]12C.